The molecular weight excluding hydrogens is 294 g/mol. The van der Waals surface area contributed by atoms with Gasteiger partial charge in [-0.15, -0.1) is 0 Å². The van der Waals surface area contributed by atoms with E-state index < -0.39 is 0 Å². The van der Waals surface area contributed by atoms with E-state index in [1.807, 2.05) is 32.0 Å². The number of ether oxygens (including phenoxy) is 2. The van der Waals surface area contributed by atoms with E-state index in [1.54, 1.807) is 25.4 Å². The van der Waals surface area contributed by atoms with E-state index in [0.29, 0.717) is 22.6 Å². The van der Waals surface area contributed by atoms with Crippen LogP contribution in [0.1, 0.15) is 29.8 Å². The number of rotatable bonds is 6. The van der Waals surface area contributed by atoms with E-state index in [9.17, 15) is 4.79 Å². The zero-order valence-corrected chi connectivity index (χ0v) is 13.3. The molecule has 1 N–H and O–H groups in total. The Morgan fingerprint density at radius 2 is 2.13 bits per heavy atom. The molecule has 0 atom stereocenters. The van der Waals surface area contributed by atoms with Crippen LogP contribution in [0.3, 0.4) is 0 Å². The molecular formula is C17H19N3O3. The Morgan fingerprint density at radius 1 is 1.30 bits per heavy atom. The molecule has 0 saturated carbocycles. The number of amides is 1. The van der Waals surface area contributed by atoms with Crippen molar-refractivity contribution in [3.05, 3.63) is 53.9 Å². The largest absolute Gasteiger partial charge is 0.493 e. The molecule has 120 valence electrons. The molecule has 0 aliphatic carbocycles. The average molecular weight is 313 g/mol. The van der Waals surface area contributed by atoms with Crippen molar-refractivity contribution in [2.75, 3.05) is 7.11 Å². The zero-order valence-electron chi connectivity index (χ0n) is 13.3. The van der Waals surface area contributed by atoms with Gasteiger partial charge in [0.15, 0.2) is 11.5 Å². The van der Waals surface area contributed by atoms with Crippen molar-refractivity contribution in [3.63, 3.8) is 0 Å². The van der Waals surface area contributed by atoms with Gasteiger partial charge < -0.3 is 9.47 Å². The maximum atomic E-state index is 11.9. The Balaban J connectivity index is 2.14. The lowest BCUT2D eigenvalue weighted by molar-refractivity contribution is 0.0954. The summed E-state index contributed by atoms with van der Waals surface area (Å²) >= 11 is 0. The second kappa shape index (κ2) is 7.93. The van der Waals surface area contributed by atoms with Gasteiger partial charge in [0.05, 0.1) is 25.0 Å². The van der Waals surface area contributed by atoms with Crippen LogP contribution in [0.25, 0.3) is 0 Å². The van der Waals surface area contributed by atoms with Crippen molar-refractivity contribution in [1.29, 1.82) is 0 Å². The predicted molar refractivity (Wildman–Crippen MR) is 88.1 cm³/mol. The minimum absolute atomic E-state index is 0.0107. The Kier molecular flexibility index (Phi) is 5.68. The molecule has 0 bridgehead atoms. The maximum Gasteiger partial charge on any atom is 0.272 e. The van der Waals surface area contributed by atoms with E-state index in [2.05, 4.69) is 15.5 Å². The van der Waals surface area contributed by atoms with Gasteiger partial charge in [-0.05, 0) is 38.1 Å². The van der Waals surface area contributed by atoms with Gasteiger partial charge in [0.2, 0.25) is 0 Å². The molecule has 6 heteroatoms. The van der Waals surface area contributed by atoms with Gasteiger partial charge in [0.25, 0.3) is 5.91 Å². The Hall–Kier alpha value is -2.89. The highest BCUT2D eigenvalue weighted by molar-refractivity contribution is 5.94. The quantitative estimate of drug-likeness (QED) is 0.657. The first kappa shape index (κ1) is 16.5. The van der Waals surface area contributed by atoms with Crippen LogP contribution in [0.4, 0.5) is 0 Å². The summed E-state index contributed by atoms with van der Waals surface area (Å²) in [6, 6.07) is 8.82. The summed E-state index contributed by atoms with van der Waals surface area (Å²) in [6.07, 6.45) is 4.59. The van der Waals surface area contributed by atoms with Crippen LogP contribution in [0.2, 0.25) is 0 Å². The number of methoxy groups -OCH3 is 1. The number of benzene rings is 1. The molecule has 1 heterocycles. The number of para-hydroxylation sites is 1. The Labute approximate surface area is 135 Å². The maximum absolute atomic E-state index is 11.9. The minimum atomic E-state index is -0.330. The summed E-state index contributed by atoms with van der Waals surface area (Å²) in [5.41, 5.74) is 3.61. The molecule has 1 aromatic heterocycles. The number of hydrogen-bond donors (Lipinski definition) is 1. The topological polar surface area (TPSA) is 72.8 Å². The number of hydrogen-bond acceptors (Lipinski definition) is 5. The Bertz CT molecular complexity index is 685. The SMILES string of the molecule is COc1cccc(/C=N/NC(=O)c2cccnc2)c1OC(C)C. The van der Waals surface area contributed by atoms with Crippen molar-refractivity contribution in [3.8, 4) is 11.5 Å². The van der Waals surface area contributed by atoms with Crippen LogP contribution in [-0.2, 0) is 0 Å². The highest BCUT2D eigenvalue weighted by atomic mass is 16.5. The monoisotopic (exact) mass is 313 g/mol. The number of pyridine rings is 1. The summed E-state index contributed by atoms with van der Waals surface area (Å²) < 4.78 is 11.1. The molecule has 2 aromatic rings. The molecule has 0 aliphatic heterocycles. The fourth-order valence-corrected chi connectivity index (χ4v) is 1.88. The summed E-state index contributed by atoms with van der Waals surface area (Å²) in [5.74, 6) is 0.870. The summed E-state index contributed by atoms with van der Waals surface area (Å²) in [5, 5.41) is 3.97. The third kappa shape index (κ3) is 4.54. The summed E-state index contributed by atoms with van der Waals surface area (Å²) in [7, 11) is 1.58. The lowest BCUT2D eigenvalue weighted by Gasteiger charge is -2.15. The molecule has 2 rings (SSSR count). The van der Waals surface area contributed by atoms with Crippen LogP contribution in [0.15, 0.2) is 47.8 Å². The highest BCUT2D eigenvalue weighted by Gasteiger charge is 2.11. The van der Waals surface area contributed by atoms with Gasteiger partial charge in [-0.2, -0.15) is 5.10 Å². The molecule has 0 spiro atoms. The van der Waals surface area contributed by atoms with Crippen LogP contribution in [0, 0.1) is 0 Å². The number of carbonyl (C=O) groups excluding carboxylic acids is 1. The second-order valence-electron chi connectivity index (χ2n) is 4.99. The summed E-state index contributed by atoms with van der Waals surface area (Å²) in [6.45, 7) is 3.86. The smallest absolute Gasteiger partial charge is 0.272 e. The van der Waals surface area contributed by atoms with E-state index in [-0.39, 0.29) is 12.0 Å². The van der Waals surface area contributed by atoms with Gasteiger partial charge in [0.1, 0.15) is 0 Å². The van der Waals surface area contributed by atoms with Crippen LogP contribution >= 0.6 is 0 Å². The first-order valence-corrected chi connectivity index (χ1v) is 7.19. The fraction of sp³-hybridized carbons (Fsp3) is 0.235. The van der Waals surface area contributed by atoms with Gasteiger partial charge in [-0.3, -0.25) is 9.78 Å². The molecule has 0 saturated heterocycles. The lowest BCUT2D eigenvalue weighted by Crippen LogP contribution is -2.17. The van der Waals surface area contributed by atoms with Crippen LogP contribution in [0.5, 0.6) is 11.5 Å². The van der Waals surface area contributed by atoms with Crippen LogP contribution < -0.4 is 14.9 Å². The van der Waals surface area contributed by atoms with E-state index in [4.69, 9.17) is 9.47 Å². The average Bonchev–Trinajstić information content (AvgIpc) is 2.56. The number of nitrogens with zero attached hydrogens (tertiary/aromatic N) is 2. The van der Waals surface area contributed by atoms with Gasteiger partial charge in [-0.1, -0.05) is 6.07 Å². The van der Waals surface area contributed by atoms with E-state index in [1.165, 1.54) is 12.4 Å². The number of carbonyl (C=O) groups is 1. The zero-order chi connectivity index (χ0) is 16.7. The summed E-state index contributed by atoms with van der Waals surface area (Å²) in [4.78, 5) is 15.8. The second-order valence-corrected chi connectivity index (χ2v) is 4.99. The van der Waals surface area contributed by atoms with E-state index in [0.717, 1.165) is 0 Å². The first-order valence-electron chi connectivity index (χ1n) is 7.19. The van der Waals surface area contributed by atoms with Crippen LogP contribution in [-0.4, -0.2) is 30.3 Å². The molecule has 0 fully saturated rings. The minimum Gasteiger partial charge on any atom is -0.493 e. The first-order chi connectivity index (χ1) is 11.1. The van der Waals surface area contributed by atoms with Gasteiger partial charge in [0, 0.05) is 18.0 Å². The molecule has 0 unspecified atom stereocenters. The van der Waals surface area contributed by atoms with Crippen molar-refractivity contribution in [2.24, 2.45) is 5.10 Å². The third-order valence-electron chi connectivity index (χ3n) is 2.88. The normalized spacial score (nSPS) is 10.8. The third-order valence-corrected chi connectivity index (χ3v) is 2.88. The molecule has 0 radical (unpaired) electrons. The van der Waals surface area contributed by atoms with Crippen molar-refractivity contribution in [2.45, 2.75) is 20.0 Å². The molecule has 0 aliphatic rings. The van der Waals surface area contributed by atoms with Crippen molar-refractivity contribution in [1.82, 2.24) is 10.4 Å². The van der Waals surface area contributed by atoms with E-state index >= 15 is 0 Å². The van der Waals surface area contributed by atoms with Crippen molar-refractivity contribution >= 4 is 12.1 Å². The Morgan fingerprint density at radius 3 is 2.78 bits per heavy atom. The predicted octanol–water partition coefficient (Wildman–Crippen LogP) is 2.64. The fourth-order valence-electron chi connectivity index (χ4n) is 1.88. The molecule has 23 heavy (non-hydrogen) atoms. The lowest BCUT2D eigenvalue weighted by atomic mass is 10.2. The number of aromatic nitrogens is 1. The van der Waals surface area contributed by atoms with Crippen molar-refractivity contribution < 1.29 is 14.3 Å². The number of hydrazone groups is 1. The molecule has 6 nitrogen and oxygen atoms in total. The molecule has 1 amide bonds. The molecule has 1 aromatic carbocycles. The number of nitrogens with one attached hydrogen (secondary N) is 1. The van der Waals surface area contributed by atoms with Gasteiger partial charge in [-0.25, -0.2) is 5.43 Å². The highest BCUT2D eigenvalue weighted by Crippen LogP contribution is 2.30. The van der Waals surface area contributed by atoms with Gasteiger partial charge >= 0.3 is 0 Å². The standard InChI is InChI=1S/C17H19N3O3/c1-12(2)23-16-13(6-4-8-15(16)22-3)11-19-20-17(21)14-7-5-9-18-10-14/h4-12H,1-3H3,(H,20,21)/b19-11+.